The molecule has 2 N–H and O–H groups in total. The molecule has 2 aromatic rings. The standard InChI is InChI=1S/C18H22N4O2/c1-4-19-18(24)22-10-9-13-6-7-14(11-16(13)22)20-17(23)15-8-5-12(2)21(15)3/h5-8,11H,4,9-10H2,1-3H3,(H,19,24)(H,20,23). The van der Waals surface area contributed by atoms with Gasteiger partial charge in [0.2, 0.25) is 0 Å². The zero-order valence-corrected chi connectivity index (χ0v) is 14.2. The number of benzene rings is 1. The molecule has 0 spiro atoms. The maximum Gasteiger partial charge on any atom is 0.321 e. The average molecular weight is 326 g/mol. The molecule has 0 bridgehead atoms. The van der Waals surface area contributed by atoms with Gasteiger partial charge in [-0.05, 0) is 50.1 Å². The van der Waals surface area contributed by atoms with Crippen molar-refractivity contribution in [3.8, 4) is 0 Å². The molecule has 3 amide bonds. The minimum absolute atomic E-state index is 0.0993. The molecular weight excluding hydrogens is 304 g/mol. The van der Waals surface area contributed by atoms with Gasteiger partial charge in [-0.1, -0.05) is 6.07 Å². The van der Waals surface area contributed by atoms with Crippen LogP contribution in [-0.4, -0.2) is 29.6 Å². The monoisotopic (exact) mass is 326 g/mol. The van der Waals surface area contributed by atoms with Crippen molar-refractivity contribution in [1.82, 2.24) is 9.88 Å². The Morgan fingerprint density at radius 2 is 2.00 bits per heavy atom. The van der Waals surface area contributed by atoms with E-state index in [4.69, 9.17) is 0 Å². The SMILES string of the molecule is CCNC(=O)N1CCc2ccc(NC(=O)c3ccc(C)n3C)cc21. The van der Waals surface area contributed by atoms with Crippen molar-refractivity contribution >= 4 is 23.3 Å². The summed E-state index contributed by atoms with van der Waals surface area (Å²) in [5.41, 5.74) is 4.30. The molecule has 3 rings (SSSR count). The smallest absolute Gasteiger partial charge is 0.321 e. The van der Waals surface area contributed by atoms with Gasteiger partial charge in [0, 0.05) is 31.5 Å². The maximum atomic E-state index is 12.4. The van der Waals surface area contributed by atoms with Gasteiger partial charge in [-0.15, -0.1) is 0 Å². The van der Waals surface area contributed by atoms with Crippen molar-refractivity contribution < 1.29 is 9.59 Å². The minimum Gasteiger partial charge on any atom is -0.344 e. The van der Waals surface area contributed by atoms with Crippen molar-refractivity contribution in [2.24, 2.45) is 7.05 Å². The second kappa shape index (κ2) is 6.39. The molecule has 0 unspecified atom stereocenters. The van der Waals surface area contributed by atoms with Crippen LogP contribution in [0.15, 0.2) is 30.3 Å². The van der Waals surface area contributed by atoms with E-state index in [2.05, 4.69) is 10.6 Å². The summed E-state index contributed by atoms with van der Waals surface area (Å²) in [6.45, 7) is 5.10. The molecule has 0 aliphatic carbocycles. The number of carbonyl (C=O) groups is 2. The number of nitrogens with zero attached hydrogens (tertiary/aromatic N) is 2. The van der Waals surface area contributed by atoms with E-state index >= 15 is 0 Å². The highest BCUT2D eigenvalue weighted by atomic mass is 16.2. The Labute approximate surface area is 141 Å². The molecule has 0 saturated heterocycles. The number of urea groups is 1. The summed E-state index contributed by atoms with van der Waals surface area (Å²) >= 11 is 0. The van der Waals surface area contributed by atoms with Crippen LogP contribution in [0.1, 0.15) is 28.7 Å². The molecule has 24 heavy (non-hydrogen) atoms. The summed E-state index contributed by atoms with van der Waals surface area (Å²) < 4.78 is 1.85. The second-order valence-corrected chi connectivity index (χ2v) is 5.95. The molecule has 6 nitrogen and oxygen atoms in total. The molecule has 0 atom stereocenters. The Morgan fingerprint density at radius 1 is 1.21 bits per heavy atom. The van der Waals surface area contributed by atoms with Gasteiger partial charge in [0.25, 0.3) is 5.91 Å². The Morgan fingerprint density at radius 3 is 2.67 bits per heavy atom. The molecule has 1 aliphatic rings. The minimum atomic E-state index is -0.159. The van der Waals surface area contributed by atoms with Crippen LogP contribution in [0, 0.1) is 6.92 Å². The molecule has 1 aromatic heterocycles. The number of rotatable bonds is 3. The number of aromatic nitrogens is 1. The van der Waals surface area contributed by atoms with Crippen LogP contribution in [0.4, 0.5) is 16.2 Å². The van der Waals surface area contributed by atoms with Crippen LogP contribution in [0.2, 0.25) is 0 Å². The Kier molecular flexibility index (Phi) is 4.29. The van der Waals surface area contributed by atoms with Crippen molar-refractivity contribution in [2.45, 2.75) is 20.3 Å². The lowest BCUT2D eigenvalue weighted by Crippen LogP contribution is -2.38. The highest BCUT2D eigenvalue weighted by molar-refractivity contribution is 6.04. The van der Waals surface area contributed by atoms with Gasteiger partial charge in [-0.3, -0.25) is 9.69 Å². The maximum absolute atomic E-state index is 12.4. The van der Waals surface area contributed by atoms with Crippen LogP contribution in [-0.2, 0) is 13.5 Å². The number of fused-ring (bicyclic) bond motifs is 1. The van der Waals surface area contributed by atoms with E-state index in [1.807, 2.05) is 49.7 Å². The van der Waals surface area contributed by atoms with E-state index < -0.39 is 0 Å². The highest BCUT2D eigenvalue weighted by Gasteiger charge is 2.24. The quantitative estimate of drug-likeness (QED) is 0.911. The molecule has 2 heterocycles. The van der Waals surface area contributed by atoms with E-state index in [-0.39, 0.29) is 11.9 Å². The summed E-state index contributed by atoms with van der Waals surface area (Å²) in [5.74, 6) is -0.159. The summed E-state index contributed by atoms with van der Waals surface area (Å²) in [4.78, 5) is 26.3. The zero-order valence-electron chi connectivity index (χ0n) is 14.2. The van der Waals surface area contributed by atoms with E-state index in [0.29, 0.717) is 24.5 Å². The molecule has 0 fully saturated rings. The van der Waals surface area contributed by atoms with Gasteiger partial charge in [-0.2, -0.15) is 0 Å². The lowest BCUT2D eigenvalue weighted by atomic mass is 10.1. The number of anilines is 2. The van der Waals surface area contributed by atoms with Crippen LogP contribution >= 0.6 is 0 Å². The Hall–Kier alpha value is -2.76. The van der Waals surface area contributed by atoms with E-state index in [1.165, 1.54) is 0 Å². The number of amides is 3. The first kappa shape index (κ1) is 16.1. The van der Waals surface area contributed by atoms with Gasteiger partial charge in [0.05, 0.1) is 5.69 Å². The van der Waals surface area contributed by atoms with Crippen LogP contribution in [0.5, 0.6) is 0 Å². The molecule has 1 aromatic carbocycles. The summed E-state index contributed by atoms with van der Waals surface area (Å²) in [6, 6.07) is 9.34. The summed E-state index contributed by atoms with van der Waals surface area (Å²) in [7, 11) is 1.86. The summed E-state index contributed by atoms with van der Waals surface area (Å²) in [5, 5.41) is 5.74. The van der Waals surface area contributed by atoms with Gasteiger partial charge in [0.1, 0.15) is 5.69 Å². The number of nitrogens with one attached hydrogen (secondary N) is 2. The second-order valence-electron chi connectivity index (χ2n) is 5.95. The average Bonchev–Trinajstić information content (AvgIpc) is 3.11. The molecule has 0 radical (unpaired) electrons. The number of carbonyl (C=O) groups excluding carboxylic acids is 2. The summed E-state index contributed by atoms with van der Waals surface area (Å²) in [6.07, 6.45) is 0.831. The van der Waals surface area contributed by atoms with E-state index in [0.717, 1.165) is 23.4 Å². The third-order valence-corrected chi connectivity index (χ3v) is 4.42. The van der Waals surface area contributed by atoms with Gasteiger partial charge in [0.15, 0.2) is 0 Å². The molecular formula is C18H22N4O2. The van der Waals surface area contributed by atoms with Gasteiger partial charge < -0.3 is 15.2 Å². The number of aryl methyl sites for hydroxylation is 1. The van der Waals surface area contributed by atoms with Crippen molar-refractivity contribution in [3.05, 3.63) is 47.3 Å². The Balaban J connectivity index is 1.81. The fourth-order valence-corrected chi connectivity index (χ4v) is 2.95. The van der Waals surface area contributed by atoms with Crippen LogP contribution in [0.3, 0.4) is 0 Å². The highest BCUT2D eigenvalue weighted by Crippen LogP contribution is 2.31. The third kappa shape index (κ3) is 2.87. The largest absolute Gasteiger partial charge is 0.344 e. The third-order valence-electron chi connectivity index (χ3n) is 4.42. The van der Waals surface area contributed by atoms with E-state index in [9.17, 15) is 9.59 Å². The molecule has 1 aliphatic heterocycles. The van der Waals surface area contributed by atoms with Gasteiger partial charge in [-0.25, -0.2) is 4.79 Å². The van der Waals surface area contributed by atoms with E-state index in [1.54, 1.807) is 11.0 Å². The van der Waals surface area contributed by atoms with Crippen LogP contribution < -0.4 is 15.5 Å². The first-order valence-electron chi connectivity index (χ1n) is 8.13. The number of hydrogen-bond donors (Lipinski definition) is 2. The predicted molar refractivity (Wildman–Crippen MR) is 94.7 cm³/mol. The molecule has 126 valence electrons. The first-order valence-corrected chi connectivity index (χ1v) is 8.13. The fourth-order valence-electron chi connectivity index (χ4n) is 2.95. The lowest BCUT2D eigenvalue weighted by molar-refractivity contribution is 0.101. The van der Waals surface area contributed by atoms with Crippen molar-refractivity contribution in [3.63, 3.8) is 0 Å². The fraction of sp³-hybridized carbons (Fsp3) is 0.333. The van der Waals surface area contributed by atoms with Crippen LogP contribution in [0.25, 0.3) is 0 Å². The van der Waals surface area contributed by atoms with Gasteiger partial charge >= 0.3 is 6.03 Å². The number of hydrogen-bond acceptors (Lipinski definition) is 2. The van der Waals surface area contributed by atoms with Crippen molar-refractivity contribution in [1.29, 1.82) is 0 Å². The topological polar surface area (TPSA) is 66.4 Å². The Bertz CT molecular complexity index is 794. The van der Waals surface area contributed by atoms with Crippen molar-refractivity contribution in [2.75, 3.05) is 23.3 Å². The first-order chi connectivity index (χ1) is 11.5. The lowest BCUT2D eigenvalue weighted by Gasteiger charge is -2.18. The molecule has 6 heteroatoms. The zero-order chi connectivity index (χ0) is 17.3. The normalized spacial score (nSPS) is 12.9. The predicted octanol–water partition coefficient (Wildman–Crippen LogP) is 2.68. The molecule has 0 saturated carbocycles.